The number of aromatic amines is 1. The summed E-state index contributed by atoms with van der Waals surface area (Å²) < 4.78 is 15.2. The van der Waals surface area contributed by atoms with Crippen molar-refractivity contribution in [3.8, 4) is 17.1 Å². The van der Waals surface area contributed by atoms with Crippen LogP contribution in [0.1, 0.15) is 0 Å². The van der Waals surface area contributed by atoms with E-state index in [0.29, 0.717) is 17.1 Å². The summed E-state index contributed by atoms with van der Waals surface area (Å²) in [6.07, 6.45) is 5.18. The second-order valence-corrected chi connectivity index (χ2v) is 5.63. The maximum Gasteiger partial charge on any atom is 0.165 e. The van der Waals surface area contributed by atoms with E-state index in [0.717, 1.165) is 22.2 Å². The highest BCUT2D eigenvalue weighted by Crippen LogP contribution is 2.28. The molecule has 0 fully saturated rings. The quantitative estimate of drug-likeness (QED) is 0.538. The van der Waals surface area contributed by atoms with E-state index in [1.165, 1.54) is 12.1 Å². The highest BCUT2D eigenvalue weighted by molar-refractivity contribution is 5.82. The van der Waals surface area contributed by atoms with Crippen molar-refractivity contribution in [2.75, 3.05) is 0 Å². The van der Waals surface area contributed by atoms with Crippen LogP contribution in [0.15, 0.2) is 61.1 Å². The Morgan fingerprint density at radius 2 is 1.88 bits per heavy atom. The van der Waals surface area contributed by atoms with Gasteiger partial charge in [0.25, 0.3) is 0 Å². The number of pyridine rings is 2. The average molecular weight is 330 g/mol. The molecule has 1 N–H and O–H groups in total. The van der Waals surface area contributed by atoms with Gasteiger partial charge in [-0.1, -0.05) is 0 Å². The van der Waals surface area contributed by atoms with Gasteiger partial charge in [-0.05, 0) is 42.5 Å². The predicted molar refractivity (Wildman–Crippen MR) is 91.7 cm³/mol. The molecule has 5 rings (SSSR count). The first-order valence-corrected chi connectivity index (χ1v) is 7.68. The lowest BCUT2D eigenvalue weighted by Gasteiger charge is -2.08. The lowest BCUT2D eigenvalue weighted by Crippen LogP contribution is -1.99. The maximum absolute atomic E-state index is 13.3. The number of hydrogen-bond acceptors (Lipinski definition) is 4. The predicted octanol–water partition coefficient (Wildman–Crippen LogP) is 3.50. The van der Waals surface area contributed by atoms with Crippen LogP contribution in [0.5, 0.6) is 0 Å². The largest absolute Gasteiger partial charge is 0.275 e. The van der Waals surface area contributed by atoms with Crippen LogP contribution in [0, 0.1) is 5.82 Å². The Morgan fingerprint density at radius 3 is 2.76 bits per heavy atom. The van der Waals surface area contributed by atoms with Gasteiger partial charge >= 0.3 is 0 Å². The Morgan fingerprint density at radius 1 is 1.00 bits per heavy atom. The van der Waals surface area contributed by atoms with Crippen molar-refractivity contribution in [2.45, 2.75) is 0 Å². The summed E-state index contributed by atoms with van der Waals surface area (Å²) in [7, 11) is 0. The number of nitrogens with zero attached hydrogens (tertiary/aromatic N) is 5. The van der Waals surface area contributed by atoms with E-state index in [9.17, 15) is 4.39 Å². The van der Waals surface area contributed by atoms with E-state index in [-0.39, 0.29) is 5.82 Å². The smallest absolute Gasteiger partial charge is 0.165 e. The van der Waals surface area contributed by atoms with Gasteiger partial charge < -0.3 is 0 Å². The molecular formula is C18H11FN6. The lowest BCUT2D eigenvalue weighted by atomic mass is 10.2. The number of benzene rings is 1. The minimum Gasteiger partial charge on any atom is -0.275 e. The molecule has 1 aromatic carbocycles. The molecule has 0 unspecified atom stereocenters. The summed E-state index contributed by atoms with van der Waals surface area (Å²) in [5.41, 5.74) is 3.80. The van der Waals surface area contributed by atoms with Gasteiger partial charge in [0.15, 0.2) is 11.3 Å². The van der Waals surface area contributed by atoms with Crippen molar-refractivity contribution in [1.82, 2.24) is 29.7 Å². The Labute approximate surface area is 141 Å². The van der Waals surface area contributed by atoms with Gasteiger partial charge in [0, 0.05) is 17.1 Å². The van der Waals surface area contributed by atoms with Crippen molar-refractivity contribution in [3.05, 3.63) is 66.9 Å². The van der Waals surface area contributed by atoms with Gasteiger partial charge in [-0.25, -0.2) is 19.3 Å². The third-order valence-electron chi connectivity index (χ3n) is 4.05. The van der Waals surface area contributed by atoms with Crippen molar-refractivity contribution < 1.29 is 4.39 Å². The van der Waals surface area contributed by atoms with E-state index in [4.69, 9.17) is 0 Å². The van der Waals surface area contributed by atoms with Gasteiger partial charge in [-0.15, -0.1) is 0 Å². The minimum atomic E-state index is -0.286. The molecule has 0 amide bonds. The second-order valence-electron chi connectivity index (χ2n) is 5.63. The highest BCUT2D eigenvalue weighted by atomic mass is 19.1. The monoisotopic (exact) mass is 330 g/mol. The van der Waals surface area contributed by atoms with E-state index in [2.05, 4.69) is 25.1 Å². The zero-order valence-corrected chi connectivity index (χ0v) is 12.9. The van der Waals surface area contributed by atoms with Crippen LogP contribution in [0.25, 0.3) is 39.3 Å². The summed E-state index contributed by atoms with van der Waals surface area (Å²) in [4.78, 5) is 13.5. The van der Waals surface area contributed by atoms with Crippen LogP contribution in [0.3, 0.4) is 0 Å². The molecule has 0 aliphatic rings. The lowest BCUT2D eigenvalue weighted by molar-refractivity contribution is 0.628. The molecular weight excluding hydrogens is 319 g/mol. The SMILES string of the molecule is Fc1ccc(-c2nc3cccnc3n2-c2cnc3[nH]ncc3c2)cc1. The number of halogens is 1. The summed E-state index contributed by atoms with van der Waals surface area (Å²) >= 11 is 0. The number of rotatable bonds is 2. The fourth-order valence-electron chi connectivity index (χ4n) is 2.90. The Hall–Kier alpha value is -3.61. The van der Waals surface area contributed by atoms with Crippen molar-refractivity contribution >= 4 is 22.2 Å². The number of nitrogens with one attached hydrogen (secondary N) is 1. The van der Waals surface area contributed by atoms with Crippen molar-refractivity contribution in [3.63, 3.8) is 0 Å². The summed E-state index contributed by atoms with van der Waals surface area (Å²) in [5.74, 6) is 0.393. The first kappa shape index (κ1) is 13.8. The van der Waals surface area contributed by atoms with Crippen LogP contribution in [0.4, 0.5) is 4.39 Å². The molecule has 0 aliphatic carbocycles. The Balaban J connectivity index is 1.83. The topological polar surface area (TPSA) is 72.3 Å². The Bertz CT molecular complexity index is 1210. The number of aromatic nitrogens is 6. The van der Waals surface area contributed by atoms with Gasteiger partial charge in [-0.3, -0.25) is 9.67 Å². The molecule has 0 aliphatic heterocycles. The van der Waals surface area contributed by atoms with Crippen molar-refractivity contribution in [2.24, 2.45) is 0 Å². The fourth-order valence-corrected chi connectivity index (χ4v) is 2.90. The van der Waals surface area contributed by atoms with Crippen molar-refractivity contribution in [1.29, 1.82) is 0 Å². The maximum atomic E-state index is 13.3. The molecule has 4 aromatic heterocycles. The number of hydrogen-bond donors (Lipinski definition) is 1. The molecule has 4 heterocycles. The molecule has 120 valence electrons. The molecule has 0 bridgehead atoms. The van der Waals surface area contributed by atoms with E-state index in [1.807, 2.05) is 22.8 Å². The average Bonchev–Trinajstić information content (AvgIpc) is 3.26. The van der Waals surface area contributed by atoms with E-state index in [1.54, 1.807) is 30.7 Å². The van der Waals surface area contributed by atoms with E-state index >= 15 is 0 Å². The zero-order chi connectivity index (χ0) is 16.8. The molecule has 0 saturated heterocycles. The molecule has 0 spiro atoms. The van der Waals surface area contributed by atoms with Crippen LogP contribution >= 0.6 is 0 Å². The summed E-state index contributed by atoms with van der Waals surface area (Å²) in [5, 5.41) is 7.73. The van der Waals surface area contributed by atoms with Crippen LogP contribution < -0.4 is 0 Å². The van der Waals surface area contributed by atoms with Crippen LogP contribution in [-0.2, 0) is 0 Å². The summed E-state index contributed by atoms with van der Waals surface area (Å²) in [6.45, 7) is 0. The molecule has 0 saturated carbocycles. The fraction of sp³-hybridized carbons (Fsp3) is 0. The number of imidazole rings is 1. The van der Waals surface area contributed by atoms with Gasteiger partial charge in [0.1, 0.15) is 17.2 Å². The molecule has 6 nitrogen and oxygen atoms in total. The normalized spacial score (nSPS) is 11.4. The standard InChI is InChI=1S/C18H11FN6/c19-13-5-3-11(4-6-13)17-23-15-2-1-7-20-18(15)25(17)14-8-12-9-22-24-16(12)21-10-14/h1-10H,(H,21,22,24). The zero-order valence-electron chi connectivity index (χ0n) is 12.9. The van der Waals surface area contributed by atoms with Gasteiger partial charge in [0.2, 0.25) is 0 Å². The third kappa shape index (κ3) is 2.17. The number of H-pyrrole nitrogens is 1. The first-order valence-electron chi connectivity index (χ1n) is 7.68. The van der Waals surface area contributed by atoms with E-state index < -0.39 is 0 Å². The molecule has 0 atom stereocenters. The molecule has 0 radical (unpaired) electrons. The minimum absolute atomic E-state index is 0.286. The second kappa shape index (κ2) is 5.20. The first-order chi connectivity index (χ1) is 12.3. The number of fused-ring (bicyclic) bond motifs is 2. The molecule has 25 heavy (non-hydrogen) atoms. The third-order valence-corrected chi connectivity index (χ3v) is 4.05. The summed E-state index contributed by atoms with van der Waals surface area (Å²) in [6, 6.07) is 12.0. The highest BCUT2D eigenvalue weighted by Gasteiger charge is 2.16. The molecule has 7 heteroatoms. The molecule has 5 aromatic rings. The van der Waals surface area contributed by atoms with Crippen LogP contribution in [-0.4, -0.2) is 29.7 Å². The van der Waals surface area contributed by atoms with Gasteiger partial charge in [0.05, 0.1) is 18.1 Å². The Kier molecular flexibility index (Phi) is 2.87. The van der Waals surface area contributed by atoms with Gasteiger partial charge in [-0.2, -0.15) is 5.10 Å². The van der Waals surface area contributed by atoms with Crippen LogP contribution in [0.2, 0.25) is 0 Å².